The van der Waals surface area contributed by atoms with Crippen LogP contribution in [0.1, 0.15) is 31.5 Å². The summed E-state index contributed by atoms with van der Waals surface area (Å²) in [4.78, 5) is 1.98. The summed E-state index contributed by atoms with van der Waals surface area (Å²) >= 11 is 0. The van der Waals surface area contributed by atoms with E-state index in [2.05, 4.69) is 15.3 Å². The number of hydrogen-bond acceptors (Lipinski definition) is 5. The molecule has 0 spiro atoms. The highest BCUT2D eigenvalue weighted by Gasteiger charge is 2.38. The summed E-state index contributed by atoms with van der Waals surface area (Å²) in [6, 6.07) is 3.20. The van der Waals surface area contributed by atoms with E-state index in [0.29, 0.717) is 5.82 Å². The minimum Gasteiger partial charge on any atom is -0.378 e. The highest BCUT2D eigenvalue weighted by atomic mass is 19.4. The number of aromatic nitrogens is 4. The van der Waals surface area contributed by atoms with E-state index in [0.717, 1.165) is 43.0 Å². The summed E-state index contributed by atoms with van der Waals surface area (Å²) in [5, 5.41) is 10.8. The first-order valence-corrected chi connectivity index (χ1v) is 8.17. The van der Waals surface area contributed by atoms with Crippen molar-refractivity contribution in [3.05, 3.63) is 18.0 Å². The third-order valence-corrected chi connectivity index (χ3v) is 4.53. The van der Waals surface area contributed by atoms with Gasteiger partial charge in [0.2, 0.25) is 0 Å². The molecule has 3 heterocycles. The number of rotatable bonds is 4. The number of fused-ring (bicyclic) bond motifs is 1. The molecule has 0 bridgehead atoms. The van der Waals surface area contributed by atoms with E-state index < -0.39 is 12.0 Å². The molecular weight excluding hydrogens is 323 g/mol. The summed E-state index contributed by atoms with van der Waals surface area (Å²) in [6.07, 6.45) is -0.0749. The normalized spacial score (nSPS) is 20.0. The van der Waals surface area contributed by atoms with Gasteiger partial charge < -0.3 is 9.64 Å². The maximum atomic E-state index is 12.9. The van der Waals surface area contributed by atoms with E-state index >= 15 is 0 Å². The van der Waals surface area contributed by atoms with E-state index in [9.17, 15) is 13.2 Å². The summed E-state index contributed by atoms with van der Waals surface area (Å²) in [7, 11) is 0. The third kappa shape index (κ3) is 3.17. The van der Waals surface area contributed by atoms with Crippen molar-refractivity contribution in [1.82, 2.24) is 19.8 Å². The fraction of sp³-hybridized carbons (Fsp3) is 0.667. The zero-order valence-corrected chi connectivity index (χ0v) is 13.0. The summed E-state index contributed by atoms with van der Waals surface area (Å²) < 4.78 is 45.5. The highest BCUT2D eigenvalue weighted by Crippen LogP contribution is 2.31. The van der Waals surface area contributed by atoms with Gasteiger partial charge in [-0.05, 0) is 43.7 Å². The zero-order valence-electron chi connectivity index (χ0n) is 13.0. The lowest BCUT2D eigenvalue weighted by molar-refractivity contribution is -0.146. The van der Waals surface area contributed by atoms with Crippen LogP contribution in [0.5, 0.6) is 0 Å². The Labute approximate surface area is 136 Å². The first kappa shape index (κ1) is 15.6. The lowest BCUT2D eigenvalue weighted by Crippen LogP contribution is -2.38. The molecule has 0 radical (unpaired) electrons. The van der Waals surface area contributed by atoms with Crippen LogP contribution in [0.15, 0.2) is 12.1 Å². The van der Waals surface area contributed by atoms with Crippen LogP contribution in [0.2, 0.25) is 0 Å². The Morgan fingerprint density at radius 1 is 1.08 bits per heavy atom. The van der Waals surface area contributed by atoms with Crippen LogP contribution in [0.4, 0.5) is 19.0 Å². The lowest BCUT2D eigenvalue weighted by Gasteiger charge is -2.32. The van der Waals surface area contributed by atoms with Crippen LogP contribution in [0.3, 0.4) is 0 Å². The predicted octanol–water partition coefficient (Wildman–Crippen LogP) is 2.54. The molecule has 2 aromatic heterocycles. The number of piperidine rings is 1. The molecular formula is C15H18F3N5O. The van der Waals surface area contributed by atoms with Crippen LogP contribution in [-0.2, 0) is 10.9 Å². The third-order valence-electron chi connectivity index (χ3n) is 4.53. The molecule has 1 saturated carbocycles. The molecule has 1 saturated heterocycles. The van der Waals surface area contributed by atoms with Crippen molar-refractivity contribution in [3.63, 3.8) is 0 Å². The van der Waals surface area contributed by atoms with Crippen molar-refractivity contribution < 1.29 is 17.9 Å². The zero-order chi connectivity index (χ0) is 16.7. The molecule has 130 valence electrons. The fourth-order valence-corrected chi connectivity index (χ4v) is 2.93. The van der Waals surface area contributed by atoms with E-state index in [4.69, 9.17) is 4.74 Å². The number of halogens is 3. The molecule has 0 atom stereocenters. The molecule has 0 aromatic carbocycles. The lowest BCUT2D eigenvalue weighted by atomic mass is 10.1. The average Bonchev–Trinajstić information content (AvgIpc) is 3.28. The fourth-order valence-electron chi connectivity index (χ4n) is 2.93. The van der Waals surface area contributed by atoms with Gasteiger partial charge in [0.05, 0.1) is 6.10 Å². The molecule has 2 aliphatic rings. The van der Waals surface area contributed by atoms with Crippen LogP contribution in [-0.4, -0.2) is 45.6 Å². The Morgan fingerprint density at radius 3 is 2.50 bits per heavy atom. The van der Waals surface area contributed by atoms with E-state index in [1.54, 1.807) is 6.07 Å². The van der Waals surface area contributed by atoms with Gasteiger partial charge in [-0.1, -0.05) is 0 Å². The van der Waals surface area contributed by atoms with Crippen LogP contribution < -0.4 is 4.90 Å². The molecule has 0 unspecified atom stereocenters. The van der Waals surface area contributed by atoms with Gasteiger partial charge in [-0.15, -0.1) is 15.3 Å². The summed E-state index contributed by atoms with van der Waals surface area (Å²) in [6.45, 7) is 2.28. The molecule has 0 N–H and O–H groups in total. The number of nitrogens with zero attached hydrogens (tertiary/aromatic N) is 5. The number of hydrogen-bond donors (Lipinski definition) is 0. The summed E-state index contributed by atoms with van der Waals surface area (Å²) in [5.74, 6) is 0.150. The van der Waals surface area contributed by atoms with Gasteiger partial charge in [0.25, 0.3) is 5.82 Å². The van der Waals surface area contributed by atoms with Crippen molar-refractivity contribution >= 4 is 11.5 Å². The molecule has 1 aliphatic heterocycles. The molecule has 2 aromatic rings. The van der Waals surface area contributed by atoms with Crippen molar-refractivity contribution in [2.45, 2.75) is 38.0 Å². The van der Waals surface area contributed by atoms with Gasteiger partial charge in [-0.3, -0.25) is 0 Å². The first-order chi connectivity index (χ1) is 11.5. The van der Waals surface area contributed by atoms with Crippen molar-refractivity contribution in [3.8, 4) is 0 Å². The number of alkyl halides is 3. The van der Waals surface area contributed by atoms with Crippen LogP contribution in [0, 0.1) is 5.92 Å². The Bertz CT molecular complexity index is 719. The Hall–Kier alpha value is -1.90. The summed E-state index contributed by atoms with van der Waals surface area (Å²) in [5.41, 5.74) is 0.0914. The Kier molecular flexibility index (Phi) is 3.82. The molecule has 9 heteroatoms. The second kappa shape index (κ2) is 5.87. The Morgan fingerprint density at radius 2 is 1.83 bits per heavy atom. The van der Waals surface area contributed by atoms with Crippen molar-refractivity contribution in [1.29, 1.82) is 0 Å². The van der Waals surface area contributed by atoms with Crippen LogP contribution >= 0.6 is 0 Å². The minimum absolute atomic E-state index is 0.0914. The second-order valence-electron chi connectivity index (χ2n) is 6.45. The topological polar surface area (TPSA) is 55.5 Å². The van der Waals surface area contributed by atoms with Gasteiger partial charge in [0.15, 0.2) is 5.65 Å². The van der Waals surface area contributed by atoms with E-state index in [1.807, 2.05) is 4.90 Å². The number of ether oxygens (including phenoxy) is 1. The molecule has 24 heavy (non-hydrogen) atoms. The quantitative estimate of drug-likeness (QED) is 0.855. The molecule has 6 nitrogen and oxygen atoms in total. The van der Waals surface area contributed by atoms with E-state index in [1.165, 1.54) is 18.9 Å². The molecule has 0 amide bonds. The van der Waals surface area contributed by atoms with Gasteiger partial charge in [0.1, 0.15) is 5.82 Å². The van der Waals surface area contributed by atoms with Gasteiger partial charge in [0, 0.05) is 19.7 Å². The van der Waals surface area contributed by atoms with Crippen LogP contribution in [0.25, 0.3) is 5.65 Å². The smallest absolute Gasteiger partial charge is 0.378 e. The first-order valence-electron chi connectivity index (χ1n) is 8.17. The van der Waals surface area contributed by atoms with Crippen molar-refractivity contribution in [2.24, 2.45) is 5.92 Å². The van der Waals surface area contributed by atoms with Gasteiger partial charge in [-0.2, -0.15) is 17.7 Å². The second-order valence-corrected chi connectivity index (χ2v) is 6.45. The van der Waals surface area contributed by atoms with Gasteiger partial charge >= 0.3 is 6.18 Å². The van der Waals surface area contributed by atoms with E-state index in [-0.39, 0.29) is 11.8 Å². The number of anilines is 1. The predicted molar refractivity (Wildman–Crippen MR) is 79.7 cm³/mol. The molecule has 4 rings (SSSR count). The van der Waals surface area contributed by atoms with Gasteiger partial charge in [-0.25, -0.2) is 0 Å². The molecule has 1 aliphatic carbocycles. The maximum absolute atomic E-state index is 12.9. The minimum atomic E-state index is -4.57. The standard InChI is InChI=1S/C15H18F3N5O/c16-15(17,18)14-20-19-12-3-4-13(21-23(12)14)22-7-5-11(6-8-22)24-9-10-1-2-10/h3-4,10-11H,1-2,5-9H2. The maximum Gasteiger partial charge on any atom is 0.453 e. The Balaban J connectivity index is 1.46. The highest BCUT2D eigenvalue weighted by molar-refractivity contribution is 5.46. The monoisotopic (exact) mass is 341 g/mol. The SMILES string of the molecule is FC(F)(F)c1nnc2ccc(N3CCC(OCC4CC4)CC3)nn12. The average molecular weight is 341 g/mol. The molecule has 2 fully saturated rings. The van der Waals surface area contributed by atoms with Crippen molar-refractivity contribution in [2.75, 3.05) is 24.6 Å². The largest absolute Gasteiger partial charge is 0.453 e.